The molecule has 1 atom stereocenters. The minimum Gasteiger partial charge on any atom is -0.364 e. The molecule has 1 unspecified atom stereocenters. The maximum absolute atomic E-state index is 12.1. The van der Waals surface area contributed by atoms with Gasteiger partial charge in [0.15, 0.2) is 5.82 Å². The molecule has 1 rings (SSSR count). The highest BCUT2D eigenvalue weighted by atomic mass is 16.1. The van der Waals surface area contributed by atoms with Gasteiger partial charge in [-0.25, -0.2) is 4.98 Å². The van der Waals surface area contributed by atoms with Crippen molar-refractivity contribution in [2.75, 3.05) is 11.9 Å². The zero-order chi connectivity index (χ0) is 13.7. The first kappa shape index (κ1) is 14.7. The van der Waals surface area contributed by atoms with Crippen LogP contribution in [0.4, 0.5) is 5.82 Å². The van der Waals surface area contributed by atoms with E-state index in [-0.39, 0.29) is 11.6 Å². The summed E-state index contributed by atoms with van der Waals surface area (Å²) < 4.78 is 1.68. The van der Waals surface area contributed by atoms with Crippen LogP contribution in [0, 0.1) is 11.8 Å². The maximum Gasteiger partial charge on any atom is 0.293 e. The van der Waals surface area contributed by atoms with E-state index in [1.54, 1.807) is 17.0 Å². The molecule has 5 nitrogen and oxygen atoms in total. The molecule has 1 aromatic heterocycles. The number of aromatic nitrogens is 2. The first-order chi connectivity index (χ1) is 8.41. The summed E-state index contributed by atoms with van der Waals surface area (Å²) in [5.41, 5.74) is 5.85. The van der Waals surface area contributed by atoms with Gasteiger partial charge < -0.3 is 15.6 Å². The van der Waals surface area contributed by atoms with Crippen LogP contribution in [0.5, 0.6) is 0 Å². The van der Waals surface area contributed by atoms with Gasteiger partial charge in [-0.05, 0) is 11.8 Å². The molecular weight excluding hydrogens is 228 g/mol. The second-order valence-corrected chi connectivity index (χ2v) is 5.42. The molecular formula is C13H24N4O. The lowest BCUT2D eigenvalue weighted by atomic mass is 10.1. The molecule has 5 heteroatoms. The first-order valence-electron chi connectivity index (χ1n) is 6.46. The third-order valence-corrected chi connectivity index (χ3v) is 2.84. The minimum absolute atomic E-state index is 0.0185. The Balaban J connectivity index is 2.75. The van der Waals surface area contributed by atoms with Crippen molar-refractivity contribution in [3.8, 4) is 0 Å². The molecule has 3 N–H and O–H groups in total. The zero-order valence-corrected chi connectivity index (χ0v) is 11.7. The number of rotatable bonds is 6. The van der Waals surface area contributed by atoms with Crippen LogP contribution in [-0.4, -0.2) is 22.1 Å². The van der Waals surface area contributed by atoms with Crippen molar-refractivity contribution in [3.05, 3.63) is 22.7 Å². The van der Waals surface area contributed by atoms with Gasteiger partial charge in [0.1, 0.15) is 0 Å². The van der Waals surface area contributed by atoms with E-state index in [0.29, 0.717) is 30.7 Å². The Morgan fingerprint density at radius 1 is 1.39 bits per heavy atom. The quantitative estimate of drug-likeness (QED) is 0.800. The number of anilines is 1. The second-order valence-electron chi connectivity index (χ2n) is 5.42. The highest BCUT2D eigenvalue weighted by Crippen LogP contribution is 2.01. The van der Waals surface area contributed by atoms with E-state index >= 15 is 0 Å². The molecule has 1 aromatic rings. The van der Waals surface area contributed by atoms with Gasteiger partial charge in [-0.3, -0.25) is 4.79 Å². The summed E-state index contributed by atoms with van der Waals surface area (Å²) >= 11 is 0. The topological polar surface area (TPSA) is 72.9 Å². The highest BCUT2D eigenvalue weighted by Gasteiger charge is 2.10. The number of hydrogen-bond donors (Lipinski definition) is 2. The Kier molecular flexibility index (Phi) is 5.34. The minimum atomic E-state index is -0.0813. The predicted octanol–water partition coefficient (Wildman–Crippen LogP) is 1.29. The van der Waals surface area contributed by atoms with Gasteiger partial charge in [0.2, 0.25) is 0 Å². The fourth-order valence-corrected chi connectivity index (χ4v) is 1.56. The van der Waals surface area contributed by atoms with Crippen LogP contribution in [0.1, 0.15) is 27.7 Å². The molecule has 0 fully saturated rings. The molecule has 0 saturated heterocycles. The standard InChI is InChI=1S/C13H24N4O/c1-9(2)8-17-6-5-15-12(13(17)18)16-7-11(14)10(3)4/h5-6,9-11H,7-8,14H2,1-4H3,(H,15,16). The van der Waals surface area contributed by atoms with E-state index in [1.165, 1.54) is 0 Å². The lowest BCUT2D eigenvalue weighted by Crippen LogP contribution is -2.36. The van der Waals surface area contributed by atoms with Crippen molar-refractivity contribution in [2.45, 2.75) is 40.3 Å². The lowest BCUT2D eigenvalue weighted by molar-refractivity contribution is 0.503. The smallest absolute Gasteiger partial charge is 0.293 e. The van der Waals surface area contributed by atoms with E-state index in [1.807, 2.05) is 0 Å². The van der Waals surface area contributed by atoms with Crippen LogP contribution in [0.2, 0.25) is 0 Å². The van der Waals surface area contributed by atoms with Crippen LogP contribution >= 0.6 is 0 Å². The van der Waals surface area contributed by atoms with E-state index < -0.39 is 0 Å². The number of hydrogen-bond acceptors (Lipinski definition) is 4. The largest absolute Gasteiger partial charge is 0.364 e. The van der Waals surface area contributed by atoms with Gasteiger partial charge >= 0.3 is 0 Å². The molecule has 0 radical (unpaired) electrons. The van der Waals surface area contributed by atoms with Crippen LogP contribution in [0.3, 0.4) is 0 Å². The molecule has 0 amide bonds. The highest BCUT2D eigenvalue weighted by molar-refractivity contribution is 5.31. The molecule has 0 aliphatic carbocycles. The van der Waals surface area contributed by atoms with Gasteiger partial charge in [0.05, 0.1) is 0 Å². The molecule has 102 valence electrons. The Bertz CT molecular complexity index is 425. The lowest BCUT2D eigenvalue weighted by Gasteiger charge is -2.16. The normalized spacial score (nSPS) is 13.1. The van der Waals surface area contributed by atoms with Gasteiger partial charge in [0.25, 0.3) is 5.56 Å². The van der Waals surface area contributed by atoms with Crippen molar-refractivity contribution in [2.24, 2.45) is 17.6 Å². The molecule has 0 bridgehead atoms. The number of nitrogens with zero attached hydrogens (tertiary/aromatic N) is 2. The van der Waals surface area contributed by atoms with Crippen LogP contribution < -0.4 is 16.6 Å². The molecule has 18 heavy (non-hydrogen) atoms. The third-order valence-electron chi connectivity index (χ3n) is 2.84. The fourth-order valence-electron chi connectivity index (χ4n) is 1.56. The Morgan fingerprint density at radius 3 is 2.61 bits per heavy atom. The first-order valence-corrected chi connectivity index (χ1v) is 6.46. The number of nitrogens with two attached hydrogens (primary N) is 1. The summed E-state index contributed by atoms with van der Waals surface area (Å²) in [7, 11) is 0. The second kappa shape index (κ2) is 6.54. The SMILES string of the molecule is CC(C)Cn1ccnc(NCC(N)C(C)C)c1=O. The molecule has 0 spiro atoms. The molecule has 0 aliphatic rings. The van der Waals surface area contributed by atoms with Crippen molar-refractivity contribution in [1.82, 2.24) is 9.55 Å². The van der Waals surface area contributed by atoms with Crippen LogP contribution in [-0.2, 0) is 6.54 Å². The predicted molar refractivity (Wildman–Crippen MR) is 74.6 cm³/mol. The van der Waals surface area contributed by atoms with E-state index in [4.69, 9.17) is 5.73 Å². The van der Waals surface area contributed by atoms with Crippen LogP contribution in [0.15, 0.2) is 17.2 Å². The molecule has 1 heterocycles. The van der Waals surface area contributed by atoms with Gasteiger partial charge in [-0.2, -0.15) is 0 Å². The van der Waals surface area contributed by atoms with Gasteiger partial charge in [-0.15, -0.1) is 0 Å². The van der Waals surface area contributed by atoms with Crippen molar-refractivity contribution in [3.63, 3.8) is 0 Å². The summed E-state index contributed by atoms with van der Waals surface area (Å²) in [4.78, 5) is 16.2. The van der Waals surface area contributed by atoms with E-state index in [0.717, 1.165) is 0 Å². The van der Waals surface area contributed by atoms with Gasteiger partial charge in [0, 0.05) is 31.5 Å². The average Bonchev–Trinajstić information content (AvgIpc) is 2.29. The van der Waals surface area contributed by atoms with Crippen LogP contribution in [0.25, 0.3) is 0 Å². The summed E-state index contributed by atoms with van der Waals surface area (Å²) in [6, 6.07) is 0.0185. The summed E-state index contributed by atoms with van der Waals surface area (Å²) in [5, 5.41) is 3.04. The molecule has 0 aromatic carbocycles. The summed E-state index contributed by atoms with van der Waals surface area (Å²) in [6.07, 6.45) is 3.36. The van der Waals surface area contributed by atoms with E-state index in [2.05, 4.69) is 38.0 Å². The van der Waals surface area contributed by atoms with E-state index in [9.17, 15) is 4.79 Å². The Morgan fingerprint density at radius 2 is 2.06 bits per heavy atom. The van der Waals surface area contributed by atoms with Crippen molar-refractivity contribution in [1.29, 1.82) is 0 Å². The van der Waals surface area contributed by atoms with Crippen molar-refractivity contribution < 1.29 is 0 Å². The Hall–Kier alpha value is -1.36. The Labute approximate surface area is 108 Å². The summed E-state index contributed by atoms with van der Waals surface area (Å²) in [5.74, 6) is 1.18. The molecule has 0 aliphatic heterocycles. The zero-order valence-electron chi connectivity index (χ0n) is 11.7. The fraction of sp³-hybridized carbons (Fsp3) is 0.692. The molecule has 0 saturated carbocycles. The maximum atomic E-state index is 12.1. The van der Waals surface area contributed by atoms with Crippen molar-refractivity contribution >= 4 is 5.82 Å². The monoisotopic (exact) mass is 252 g/mol. The number of nitrogens with one attached hydrogen (secondary N) is 1. The third kappa shape index (κ3) is 4.14. The average molecular weight is 252 g/mol. The van der Waals surface area contributed by atoms with Gasteiger partial charge in [-0.1, -0.05) is 27.7 Å². The summed E-state index contributed by atoms with van der Waals surface area (Å²) in [6.45, 7) is 9.53.